The number of sulfonamides is 1. The van der Waals surface area contributed by atoms with Crippen molar-refractivity contribution in [3.8, 4) is 0 Å². The molecule has 8 heteroatoms. The summed E-state index contributed by atoms with van der Waals surface area (Å²) < 4.78 is 28.5. The first kappa shape index (κ1) is 21.7. The highest BCUT2D eigenvalue weighted by molar-refractivity contribution is 7.89. The molecule has 1 aromatic rings. The lowest BCUT2D eigenvalue weighted by atomic mass is 9.52. The molecule has 6 atom stereocenters. The number of nitrogens with one attached hydrogen (secondary N) is 1. The molecule has 4 aliphatic carbocycles. The first-order valence-corrected chi connectivity index (χ1v) is 13.2. The maximum atomic E-state index is 13.6. The fourth-order valence-electron chi connectivity index (χ4n) is 7.06. The minimum atomic E-state index is -3.87. The molecule has 4 bridgehead atoms. The maximum Gasteiger partial charge on any atom is 0.244 e. The van der Waals surface area contributed by atoms with E-state index in [2.05, 4.69) is 5.32 Å². The molecule has 0 aromatic heterocycles. The highest BCUT2D eigenvalue weighted by atomic mass is 35.5. The third-order valence-electron chi connectivity index (χ3n) is 8.39. The van der Waals surface area contributed by atoms with Gasteiger partial charge in [-0.05, 0) is 94.2 Å². The number of amides is 1. The molecule has 31 heavy (non-hydrogen) atoms. The van der Waals surface area contributed by atoms with Gasteiger partial charge in [0.15, 0.2) is 0 Å². The number of halogens is 1. The van der Waals surface area contributed by atoms with Crippen molar-refractivity contribution in [3.05, 3.63) is 28.8 Å². The topological polar surface area (TPSA) is 86.7 Å². The van der Waals surface area contributed by atoms with Gasteiger partial charge in [-0.1, -0.05) is 17.7 Å². The van der Waals surface area contributed by atoms with Crippen LogP contribution >= 0.6 is 11.6 Å². The Morgan fingerprint density at radius 3 is 2.55 bits per heavy atom. The summed E-state index contributed by atoms with van der Waals surface area (Å²) in [6, 6.07) is 4.89. The highest BCUT2D eigenvalue weighted by Crippen LogP contribution is 2.55. The molecule has 1 aromatic carbocycles. The zero-order chi connectivity index (χ0) is 22.2. The number of hydrogen-bond donors (Lipinski definition) is 2. The number of carbonyl (C=O) groups excluding carboxylic acids is 1. The van der Waals surface area contributed by atoms with Gasteiger partial charge < -0.3 is 10.4 Å². The molecular weight excluding hydrogens is 436 g/mol. The molecule has 5 fully saturated rings. The first-order valence-electron chi connectivity index (χ1n) is 11.3. The van der Waals surface area contributed by atoms with E-state index in [0.717, 1.165) is 32.1 Å². The third-order valence-corrected chi connectivity index (χ3v) is 11.0. The van der Waals surface area contributed by atoms with Gasteiger partial charge in [-0.15, -0.1) is 0 Å². The smallest absolute Gasteiger partial charge is 0.244 e. The maximum absolute atomic E-state index is 13.6. The van der Waals surface area contributed by atoms with Crippen molar-refractivity contribution in [1.82, 2.24) is 9.62 Å². The fraction of sp³-hybridized carbons (Fsp3) is 0.696. The van der Waals surface area contributed by atoms with E-state index < -0.39 is 21.2 Å². The third kappa shape index (κ3) is 3.35. The lowest BCUT2D eigenvalue weighted by Crippen LogP contribution is -2.65. The van der Waals surface area contributed by atoms with Crippen LogP contribution in [0.3, 0.4) is 0 Å². The molecule has 0 radical (unpaired) electrons. The molecule has 5 aliphatic rings. The number of nitrogens with zero attached hydrogens (tertiary/aromatic N) is 1. The Kier molecular flexibility index (Phi) is 5.02. The largest absolute Gasteiger partial charge is 0.390 e. The number of hydrogen-bond acceptors (Lipinski definition) is 4. The van der Waals surface area contributed by atoms with Crippen molar-refractivity contribution < 1.29 is 18.3 Å². The second-order valence-corrected chi connectivity index (χ2v) is 12.7. The standard InChI is InChI=1S/C23H31ClN2O4S/c1-14-18(24)5-3-6-19(14)31(29,30)26-8-4-7-22(26,2)21(27)25-20-16-9-15-10-17(20)13-23(28,11-15)12-16/h3,5-6,15-17,20,28H,4,7-13H2,1-2H3,(H,25,27)/t15?,16-,17+,20?,22-,23?/m1/s1. The van der Waals surface area contributed by atoms with E-state index in [1.54, 1.807) is 32.0 Å². The van der Waals surface area contributed by atoms with E-state index in [1.807, 2.05) is 0 Å². The second-order valence-electron chi connectivity index (χ2n) is 10.5. The quantitative estimate of drug-likeness (QED) is 0.713. The summed E-state index contributed by atoms with van der Waals surface area (Å²) in [7, 11) is -3.87. The van der Waals surface area contributed by atoms with Crippen molar-refractivity contribution in [2.45, 2.75) is 80.9 Å². The van der Waals surface area contributed by atoms with Gasteiger partial charge in [0.05, 0.1) is 10.5 Å². The molecule has 170 valence electrons. The number of aliphatic hydroxyl groups is 1. The van der Waals surface area contributed by atoms with Crippen LogP contribution in [-0.4, -0.2) is 47.5 Å². The lowest BCUT2D eigenvalue weighted by molar-refractivity contribution is -0.150. The Balaban J connectivity index is 1.40. The van der Waals surface area contributed by atoms with Gasteiger partial charge in [0.1, 0.15) is 5.54 Å². The predicted octanol–water partition coefficient (Wildman–Crippen LogP) is 3.25. The van der Waals surface area contributed by atoms with Crippen molar-refractivity contribution in [2.75, 3.05) is 6.54 Å². The van der Waals surface area contributed by atoms with Crippen LogP contribution in [0.2, 0.25) is 5.02 Å². The highest BCUT2D eigenvalue weighted by Gasteiger charge is 2.57. The van der Waals surface area contributed by atoms with Crippen LogP contribution in [0.1, 0.15) is 57.4 Å². The van der Waals surface area contributed by atoms with Crippen molar-refractivity contribution in [2.24, 2.45) is 17.8 Å². The Labute approximate surface area is 189 Å². The lowest BCUT2D eigenvalue weighted by Gasteiger charge is -2.58. The molecule has 6 rings (SSSR count). The molecular formula is C23H31ClN2O4S. The second kappa shape index (κ2) is 7.17. The Morgan fingerprint density at radius 1 is 1.23 bits per heavy atom. The Hall–Kier alpha value is -1.15. The molecule has 3 unspecified atom stereocenters. The van der Waals surface area contributed by atoms with E-state index in [9.17, 15) is 18.3 Å². The van der Waals surface area contributed by atoms with Crippen LogP contribution in [0.25, 0.3) is 0 Å². The summed E-state index contributed by atoms with van der Waals surface area (Å²) in [6.45, 7) is 3.76. The SMILES string of the molecule is Cc1c(Cl)cccc1S(=O)(=O)N1CCC[C@]1(C)C(=O)NC1[C@@H]2CC3C[C@H]1CC(O)(C3)C2. The average Bonchev–Trinajstić information content (AvgIpc) is 3.09. The van der Waals surface area contributed by atoms with E-state index >= 15 is 0 Å². The average molecular weight is 467 g/mol. The normalized spacial score (nSPS) is 39.7. The summed E-state index contributed by atoms with van der Waals surface area (Å²) in [4.78, 5) is 13.7. The van der Waals surface area contributed by atoms with Crippen molar-refractivity contribution >= 4 is 27.5 Å². The summed E-state index contributed by atoms with van der Waals surface area (Å²) in [5.74, 6) is 0.911. The number of carbonyl (C=O) groups is 1. The van der Waals surface area contributed by atoms with Gasteiger partial charge in [0.25, 0.3) is 0 Å². The van der Waals surface area contributed by atoms with Crippen LogP contribution < -0.4 is 5.32 Å². The molecule has 6 nitrogen and oxygen atoms in total. The molecule has 1 saturated heterocycles. The van der Waals surface area contributed by atoms with E-state index in [1.165, 1.54) is 4.31 Å². The number of rotatable bonds is 4. The minimum Gasteiger partial charge on any atom is -0.390 e. The van der Waals surface area contributed by atoms with Crippen molar-refractivity contribution in [3.63, 3.8) is 0 Å². The molecule has 4 saturated carbocycles. The van der Waals surface area contributed by atoms with Crippen molar-refractivity contribution in [1.29, 1.82) is 0 Å². The van der Waals surface area contributed by atoms with Crippen LogP contribution in [0.4, 0.5) is 0 Å². The van der Waals surface area contributed by atoms with Crippen LogP contribution in [-0.2, 0) is 14.8 Å². The van der Waals surface area contributed by atoms with Gasteiger partial charge in [0.2, 0.25) is 15.9 Å². The Morgan fingerprint density at radius 2 is 1.90 bits per heavy atom. The van der Waals surface area contributed by atoms with Gasteiger partial charge in [-0.25, -0.2) is 8.42 Å². The zero-order valence-electron chi connectivity index (χ0n) is 18.1. The van der Waals surface area contributed by atoms with Gasteiger partial charge >= 0.3 is 0 Å². The molecule has 0 spiro atoms. The first-order chi connectivity index (χ1) is 14.5. The summed E-state index contributed by atoms with van der Waals surface area (Å²) >= 11 is 6.19. The monoisotopic (exact) mass is 466 g/mol. The van der Waals surface area contributed by atoms with Gasteiger partial charge in [-0.3, -0.25) is 4.79 Å². The number of benzene rings is 1. The van der Waals surface area contributed by atoms with Crippen LogP contribution in [0.15, 0.2) is 23.1 Å². The summed E-state index contributed by atoms with van der Waals surface area (Å²) in [5, 5.41) is 14.5. The predicted molar refractivity (Wildman–Crippen MR) is 118 cm³/mol. The fourth-order valence-corrected chi connectivity index (χ4v) is 9.35. The molecule has 2 N–H and O–H groups in total. The Bertz CT molecular complexity index is 1010. The molecule has 1 heterocycles. The van der Waals surface area contributed by atoms with Crippen LogP contribution in [0, 0.1) is 24.7 Å². The van der Waals surface area contributed by atoms with Gasteiger partial charge in [0, 0.05) is 17.6 Å². The summed E-state index contributed by atoms with van der Waals surface area (Å²) in [6.07, 6.45) is 5.60. The van der Waals surface area contributed by atoms with Gasteiger partial charge in [-0.2, -0.15) is 4.31 Å². The van der Waals surface area contributed by atoms with E-state index in [0.29, 0.717) is 35.9 Å². The summed E-state index contributed by atoms with van der Waals surface area (Å²) in [5.41, 5.74) is -1.18. The minimum absolute atomic E-state index is 0.0270. The van der Waals surface area contributed by atoms with E-state index in [-0.39, 0.29) is 28.7 Å². The zero-order valence-corrected chi connectivity index (χ0v) is 19.7. The van der Waals surface area contributed by atoms with E-state index in [4.69, 9.17) is 11.6 Å². The molecule has 1 amide bonds. The molecule has 1 aliphatic heterocycles. The van der Waals surface area contributed by atoms with Crippen LogP contribution in [0.5, 0.6) is 0 Å².